The van der Waals surface area contributed by atoms with E-state index in [0.29, 0.717) is 12.5 Å². The van der Waals surface area contributed by atoms with E-state index in [4.69, 9.17) is 4.74 Å². The minimum absolute atomic E-state index is 0.108. The summed E-state index contributed by atoms with van der Waals surface area (Å²) < 4.78 is 6.45. The predicted molar refractivity (Wildman–Crippen MR) is 81.9 cm³/mol. The van der Waals surface area contributed by atoms with E-state index < -0.39 is 0 Å². The van der Waals surface area contributed by atoms with Gasteiger partial charge in [0.25, 0.3) is 0 Å². The van der Waals surface area contributed by atoms with Crippen molar-refractivity contribution in [2.75, 3.05) is 6.61 Å². The van der Waals surface area contributed by atoms with Crippen molar-refractivity contribution in [1.29, 1.82) is 0 Å². The van der Waals surface area contributed by atoms with Crippen molar-refractivity contribution in [1.82, 2.24) is 15.0 Å². The SMILES string of the molecule is CC(C)(C)c1nc(Br)cc(OCCc2ccccn2)n1. The largest absolute Gasteiger partial charge is 0.477 e. The highest BCUT2D eigenvalue weighted by Crippen LogP contribution is 2.23. The molecular formula is C15H18BrN3O. The lowest BCUT2D eigenvalue weighted by Gasteiger charge is -2.17. The Morgan fingerprint density at radius 1 is 1.20 bits per heavy atom. The summed E-state index contributed by atoms with van der Waals surface area (Å²) in [5.41, 5.74) is 0.903. The van der Waals surface area contributed by atoms with E-state index in [-0.39, 0.29) is 5.41 Å². The first-order valence-electron chi connectivity index (χ1n) is 6.53. The van der Waals surface area contributed by atoms with Gasteiger partial charge < -0.3 is 4.74 Å². The predicted octanol–water partition coefficient (Wildman–Crippen LogP) is 3.55. The van der Waals surface area contributed by atoms with Crippen molar-refractivity contribution < 1.29 is 4.74 Å². The van der Waals surface area contributed by atoms with Crippen LogP contribution in [0.25, 0.3) is 0 Å². The molecule has 0 unspecified atom stereocenters. The Labute approximate surface area is 127 Å². The average molecular weight is 336 g/mol. The molecular weight excluding hydrogens is 318 g/mol. The van der Waals surface area contributed by atoms with Crippen LogP contribution in [0, 0.1) is 0 Å². The highest BCUT2D eigenvalue weighted by Gasteiger charge is 2.19. The van der Waals surface area contributed by atoms with Gasteiger partial charge in [-0.1, -0.05) is 26.8 Å². The molecule has 0 N–H and O–H groups in total. The molecule has 0 radical (unpaired) electrons. The van der Waals surface area contributed by atoms with Crippen LogP contribution in [0.5, 0.6) is 5.88 Å². The fourth-order valence-electron chi connectivity index (χ4n) is 1.61. The number of pyridine rings is 1. The minimum atomic E-state index is -0.108. The fourth-order valence-corrected chi connectivity index (χ4v) is 1.98. The van der Waals surface area contributed by atoms with Gasteiger partial charge in [0.05, 0.1) is 6.61 Å². The lowest BCUT2D eigenvalue weighted by atomic mass is 9.96. The molecule has 2 aromatic rings. The zero-order chi connectivity index (χ0) is 14.6. The van der Waals surface area contributed by atoms with E-state index in [1.807, 2.05) is 18.2 Å². The number of ether oxygens (including phenoxy) is 1. The molecule has 2 heterocycles. The molecule has 0 spiro atoms. The maximum Gasteiger partial charge on any atom is 0.217 e. The van der Waals surface area contributed by atoms with Gasteiger partial charge in [0.1, 0.15) is 10.4 Å². The number of rotatable bonds is 4. The first-order valence-corrected chi connectivity index (χ1v) is 7.32. The van der Waals surface area contributed by atoms with E-state index in [0.717, 1.165) is 22.5 Å². The van der Waals surface area contributed by atoms with Gasteiger partial charge in [-0.05, 0) is 28.1 Å². The van der Waals surface area contributed by atoms with Crippen LogP contribution in [0.4, 0.5) is 0 Å². The van der Waals surface area contributed by atoms with E-state index >= 15 is 0 Å². The van der Waals surface area contributed by atoms with Crippen LogP contribution in [-0.4, -0.2) is 21.6 Å². The van der Waals surface area contributed by atoms with Crippen LogP contribution >= 0.6 is 15.9 Å². The summed E-state index contributed by atoms with van der Waals surface area (Å²) in [6.07, 6.45) is 2.54. The molecule has 0 amide bonds. The van der Waals surface area contributed by atoms with E-state index in [1.165, 1.54) is 0 Å². The molecule has 0 aliphatic carbocycles. The van der Waals surface area contributed by atoms with Gasteiger partial charge in [0, 0.05) is 29.8 Å². The van der Waals surface area contributed by atoms with Crippen LogP contribution in [0.3, 0.4) is 0 Å². The van der Waals surface area contributed by atoms with Gasteiger partial charge in [-0.2, -0.15) is 4.98 Å². The minimum Gasteiger partial charge on any atom is -0.477 e. The second kappa shape index (κ2) is 6.31. The van der Waals surface area contributed by atoms with Crippen molar-refractivity contribution in [2.24, 2.45) is 0 Å². The molecule has 0 saturated heterocycles. The Hall–Kier alpha value is -1.49. The van der Waals surface area contributed by atoms with Crippen molar-refractivity contribution in [3.63, 3.8) is 0 Å². The van der Waals surface area contributed by atoms with Gasteiger partial charge in [-0.25, -0.2) is 4.98 Å². The average Bonchev–Trinajstić information content (AvgIpc) is 2.38. The van der Waals surface area contributed by atoms with Crippen molar-refractivity contribution >= 4 is 15.9 Å². The number of aromatic nitrogens is 3. The third kappa shape index (κ3) is 4.27. The lowest BCUT2D eigenvalue weighted by Crippen LogP contribution is -2.17. The zero-order valence-electron chi connectivity index (χ0n) is 11.9. The summed E-state index contributed by atoms with van der Waals surface area (Å²) in [6.45, 7) is 6.77. The highest BCUT2D eigenvalue weighted by atomic mass is 79.9. The normalized spacial score (nSPS) is 11.4. The van der Waals surface area contributed by atoms with Crippen LogP contribution in [0.2, 0.25) is 0 Å². The van der Waals surface area contributed by atoms with E-state index in [9.17, 15) is 0 Å². The smallest absolute Gasteiger partial charge is 0.217 e. The fraction of sp³-hybridized carbons (Fsp3) is 0.400. The third-order valence-electron chi connectivity index (χ3n) is 2.68. The zero-order valence-corrected chi connectivity index (χ0v) is 13.5. The van der Waals surface area contributed by atoms with Gasteiger partial charge in [0.2, 0.25) is 5.88 Å². The standard InChI is InChI=1S/C15H18BrN3O/c1-15(2,3)14-18-12(16)10-13(19-14)20-9-7-11-6-4-5-8-17-11/h4-6,8,10H,7,9H2,1-3H3. The maximum atomic E-state index is 5.71. The van der Waals surface area contributed by atoms with Gasteiger partial charge in [0.15, 0.2) is 0 Å². The molecule has 4 nitrogen and oxygen atoms in total. The summed E-state index contributed by atoms with van der Waals surface area (Å²) >= 11 is 3.40. The van der Waals surface area contributed by atoms with E-state index in [1.54, 1.807) is 12.3 Å². The Balaban J connectivity index is 2.01. The molecule has 0 saturated carbocycles. The Bertz CT molecular complexity index is 567. The molecule has 0 fully saturated rings. The third-order valence-corrected chi connectivity index (χ3v) is 3.08. The molecule has 5 heteroatoms. The number of hydrogen-bond acceptors (Lipinski definition) is 4. The van der Waals surface area contributed by atoms with Gasteiger partial charge >= 0.3 is 0 Å². The van der Waals surface area contributed by atoms with Crippen molar-refractivity contribution in [3.8, 4) is 5.88 Å². The highest BCUT2D eigenvalue weighted by molar-refractivity contribution is 9.10. The van der Waals surface area contributed by atoms with Crippen LogP contribution in [0.1, 0.15) is 32.3 Å². The topological polar surface area (TPSA) is 47.9 Å². The summed E-state index contributed by atoms with van der Waals surface area (Å²) in [5.74, 6) is 1.35. The Morgan fingerprint density at radius 3 is 2.65 bits per heavy atom. The number of nitrogens with zero attached hydrogens (tertiary/aromatic N) is 3. The number of halogens is 1. The molecule has 0 atom stereocenters. The molecule has 0 aliphatic rings. The quantitative estimate of drug-likeness (QED) is 0.801. The summed E-state index contributed by atoms with van der Waals surface area (Å²) in [4.78, 5) is 13.1. The first kappa shape index (κ1) is 14.9. The molecule has 0 aliphatic heterocycles. The first-order chi connectivity index (χ1) is 9.45. The lowest BCUT2D eigenvalue weighted by molar-refractivity contribution is 0.303. The Morgan fingerprint density at radius 2 is 2.00 bits per heavy atom. The van der Waals surface area contributed by atoms with Crippen LogP contribution < -0.4 is 4.74 Å². The summed E-state index contributed by atoms with van der Waals surface area (Å²) in [7, 11) is 0. The maximum absolute atomic E-state index is 5.71. The Kier molecular flexibility index (Phi) is 4.70. The number of hydrogen-bond donors (Lipinski definition) is 0. The molecule has 0 bridgehead atoms. The summed E-state index contributed by atoms with van der Waals surface area (Å²) in [5, 5.41) is 0. The van der Waals surface area contributed by atoms with Crippen LogP contribution in [0.15, 0.2) is 35.1 Å². The molecule has 2 aromatic heterocycles. The van der Waals surface area contributed by atoms with Crippen LogP contribution in [-0.2, 0) is 11.8 Å². The molecule has 2 rings (SSSR count). The van der Waals surface area contributed by atoms with Crippen molar-refractivity contribution in [3.05, 3.63) is 46.6 Å². The second-order valence-electron chi connectivity index (χ2n) is 5.52. The molecule has 0 aromatic carbocycles. The molecule has 20 heavy (non-hydrogen) atoms. The van der Waals surface area contributed by atoms with Gasteiger partial charge in [-0.3, -0.25) is 4.98 Å². The monoisotopic (exact) mass is 335 g/mol. The van der Waals surface area contributed by atoms with Crippen molar-refractivity contribution in [2.45, 2.75) is 32.6 Å². The second-order valence-corrected chi connectivity index (χ2v) is 6.33. The van der Waals surface area contributed by atoms with Gasteiger partial charge in [-0.15, -0.1) is 0 Å². The van der Waals surface area contributed by atoms with E-state index in [2.05, 4.69) is 51.7 Å². The summed E-state index contributed by atoms with van der Waals surface area (Å²) in [6, 6.07) is 7.65. The molecule has 106 valence electrons.